The normalized spacial score (nSPS) is 20.9. The molecule has 6 heteroatoms. The van der Waals surface area contributed by atoms with Gasteiger partial charge in [0, 0.05) is 12.0 Å². The highest BCUT2D eigenvalue weighted by atomic mass is 16.6. The van der Waals surface area contributed by atoms with Crippen molar-refractivity contribution < 1.29 is 14.2 Å². The summed E-state index contributed by atoms with van der Waals surface area (Å²) in [5.74, 6) is 0.0740. The first-order valence-electron chi connectivity index (χ1n) is 12.3. The summed E-state index contributed by atoms with van der Waals surface area (Å²) in [5, 5.41) is 7.89. The Labute approximate surface area is 203 Å². The van der Waals surface area contributed by atoms with Crippen molar-refractivity contribution in [1.29, 1.82) is 0 Å². The SMILES string of the molecule is O=C(OCC1c2ccccc2-c2ccccc21)N1C2C=C(c3ccc4nonc4c3)CC1CCC2. The maximum Gasteiger partial charge on any atom is 0.410 e. The van der Waals surface area contributed by atoms with Crippen LogP contribution in [0.5, 0.6) is 0 Å². The third-order valence-corrected chi connectivity index (χ3v) is 7.81. The van der Waals surface area contributed by atoms with Crippen molar-refractivity contribution in [3.8, 4) is 11.1 Å². The maximum absolute atomic E-state index is 13.4. The van der Waals surface area contributed by atoms with Gasteiger partial charge in [0.1, 0.15) is 17.6 Å². The van der Waals surface area contributed by atoms with Crippen LogP contribution < -0.4 is 0 Å². The highest BCUT2D eigenvalue weighted by molar-refractivity contribution is 5.82. The zero-order valence-corrected chi connectivity index (χ0v) is 19.3. The minimum atomic E-state index is -0.201. The molecule has 6 nitrogen and oxygen atoms in total. The Morgan fingerprint density at radius 3 is 2.46 bits per heavy atom. The average molecular weight is 464 g/mol. The molecule has 174 valence electrons. The molecule has 0 saturated carbocycles. The van der Waals surface area contributed by atoms with E-state index in [-0.39, 0.29) is 24.1 Å². The fourth-order valence-corrected chi connectivity index (χ4v) is 6.18. The van der Waals surface area contributed by atoms with Crippen LogP contribution in [0.4, 0.5) is 4.79 Å². The van der Waals surface area contributed by atoms with Crippen LogP contribution in [0.25, 0.3) is 27.7 Å². The van der Waals surface area contributed by atoms with Gasteiger partial charge in [-0.3, -0.25) is 4.90 Å². The molecule has 3 aromatic carbocycles. The third-order valence-electron chi connectivity index (χ3n) is 7.81. The van der Waals surface area contributed by atoms with Gasteiger partial charge in [-0.2, -0.15) is 0 Å². The molecule has 1 aromatic heterocycles. The lowest BCUT2D eigenvalue weighted by atomic mass is 9.83. The molecule has 3 aliphatic rings. The van der Waals surface area contributed by atoms with Gasteiger partial charge in [0.05, 0.1) is 6.04 Å². The Hall–Kier alpha value is -3.93. The lowest BCUT2D eigenvalue weighted by molar-refractivity contribution is 0.0539. The first-order chi connectivity index (χ1) is 17.3. The molecule has 0 spiro atoms. The second-order valence-electron chi connectivity index (χ2n) is 9.73. The molecule has 2 unspecified atom stereocenters. The number of rotatable bonds is 3. The summed E-state index contributed by atoms with van der Waals surface area (Å²) in [6.45, 7) is 0.356. The lowest BCUT2D eigenvalue weighted by Gasteiger charge is -2.44. The lowest BCUT2D eigenvalue weighted by Crippen LogP contribution is -2.51. The highest BCUT2D eigenvalue weighted by Crippen LogP contribution is 2.45. The van der Waals surface area contributed by atoms with Crippen molar-refractivity contribution in [3.05, 3.63) is 89.5 Å². The van der Waals surface area contributed by atoms with Crippen molar-refractivity contribution >= 4 is 22.7 Å². The zero-order valence-electron chi connectivity index (χ0n) is 19.3. The van der Waals surface area contributed by atoms with Crippen molar-refractivity contribution in [2.24, 2.45) is 0 Å². The maximum atomic E-state index is 13.4. The van der Waals surface area contributed by atoms with Gasteiger partial charge in [0.2, 0.25) is 0 Å². The first-order valence-corrected chi connectivity index (χ1v) is 12.3. The van der Waals surface area contributed by atoms with E-state index in [1.807, 2.05) is 17.0 Å². The van der Waals surface area contributed by atoms with Gasteiger partial charge in [-0.05, 0) is 81.5 Å². The number of nitrogens with zero attached hydrogens (tertiary/aromatic N) is 3. The van der Waals surface area contributed by atoms with Crippen LogP contribution in [0.15, 0.2) is 77.4 Å². The molecule has 7 rings (SSSR count). The second-order valence-corrected chi connectivity index (χ2v) is 9.73. The summed E-state index contributed by atoms with van der Waals surface area (Å²) >= 11 is 0. The van der Waals surface area contributed by atoms with E-state index in [1.54, 1.807) is 0 Å². The Morgan fingerprint density at radius 2 is 1.69 bits per heavy atom. The van der Waals surface area contributed by atoms with Gasteiger partial charge < -0.3 is 4.74 Å². The molecular weight excluding hydrogens is 438 g/mol. The van der Waals surface area contributed by atoms with Crippen LogP contribution in [0.3, 0.4) is 0 Å². The van der Waals surface area contributed by atoms with Crippen molar-refractivity contribution in [2.45, 2.75) is 43.7 Å². The summed E-state index contributed by atoms with van der Waals surface area (Å²) in [7, 11) is 0. The topological polar surface area (TPSA) is 68.5 Å². The number of fused-ring (bicyclic) bond motifs is 6. The Balaban J connectivity index is 1.12. The molecular formula is C29H25N3O3. The number of hydrogen-bond acceptors (Lipinski definition) is 5. The van der Waals surface area contributed by atoms with Gasteiger partial charge in [0.15, 0.2) is 0 Å². The van der Waals surface area contributed by atoms with Gasteiger partial charge in [0.25, 0.3) is 0 Å². The van der Waals surface area contributed by atoms with Crippen LogP contribution in [0.2, 0.25) is 0 Å². The highest BCUT2D eigenvalue weighted by Gasteiger charge is 2.39. The van der Waals surface area contributed by atoms with E-state index in [4.69, 9.17) is 9.37 Å². The molecule has 2 bridgehead atoms. The quantitative estimate of drug-likeness (QED) is 0.363. The van der Waals surface area contributed by atoms with Gasteiger partial charge in [-0.25, -0.2) is 9.42 Å². The molecule has 1 fully saturated rings. The molecule has 1 saturated heterocycles. The molecule has 0 radical (unpaired) electrons. The van der Waals surface area contributed by atoms with Crippen LogP contribution in [0.1, 0.15) is 48.3 Å². The summed E-state index contributed by atoms with van der Waals surface area (Å²) in [4.78, 5) is 15.4. The van der Waals surface area contributed by atoms with Gasteiger partial charge >= 0.3 is 6.09 Å². The Morgan fingerprint density at radius 1 is 0.943 bits per heavy atom. The molecule has 0 N–H and O–H groups in total. The molecule has 35 heavy (non-hydrogen) atoms. The first kappa shape index (κ1) is 20.4. The smallest absolute Gasteiger partial charge is 0.410 e. The van der Waals surface area contributed by atoms with Crippen LogP contribution in [0, 0.1) is 0 Å². The number of hydrogen-bond donors (Lipinski definition) is 0. The number of amides is 1. The summed E-state index contributed by atoms with van der Waals surface area (Å²) < 4.78 is 10.9. The molecule has 3 heterocycles. The van der Waals surface area contributed by atoms with Crippen LogP contribution >= 0.6 is 0 Å². The summed E-state index contributed by atoms with van der Waals surface area (Å²) in [5.41, 5.74) is 8.85. The van der Waals surface area contributed by atoms with Crippen LogP contribution in [-0.2, 0) is 4.74 Å². The molecule has 1 aliphatic carbocycles. The number of benzene rings is 3. The number of carbonyl (C=O) groups excluding carboxylic acids is 1. The molecule has 4 aromatic rings. The number of aromatic nitrogens is 2. The van der Waals surface area contributed by atoms with E-state index in [0.717, 1.165) is 42.3 Å². The predicted octanol–water partition coefficient (Wildman–Crippen LogP) is 6.18. The fourth-order valence-electron chi connectivity index (χ4n) is 6.18. The Bertz CT molecular complexity index is 1430. The van der Waals surface area contributed by atoms with E-state index in [1.165, 1.54) is 27.8 Å². The molecule has 2 atom stereocenters. The summed E-state index contributed by atoms with van der Waals surface area (Å²) in [6.07, 6.45) is 5.93. The van der Waals surface area contributed by atoms with E-state index in [9.17, 15) is 4.79 Å². The number of carbonyl (C=O) groups is 1. The third kappa shape index (κ3) is 3.35. The largest absolute Gasteiger partial charge is 0.448 e. The van der Waals surface area contributed by atoms with Gasteiger partial charge in [-0.15, -0.1) is 0 Å². The van der Waals surface area contributed by atoms with Crippen molar-refractivity contribution in [3.63, 3.8) is 0 Å². The van der Waals surface area contributed by atoms with Crippen molar-refractivity contribution in [2.75, 3.05) is 6.61 Å². The predicted molar refractivity (Wildman–Crippen MR) is 133 cm³/mol. The van der Waals surface area contributed by atoms with E-state index < -0.39 is 0 Å². The average Bonchev–Trinajstić information content (AvgIpc) is 3.48. The van der Waals surface area contributed by atoms with Crippen LogP contribution in [-0.4, -0.2) is 40.0 Å². The summed E-state index contributed by atoms with van der Waals surface area (Å²) in [6, 6.07) is 23.1. The Kier molecular flexibility index (Phi) is 4.72. The van der Waals surface area contributed by atoms with E-state index >= 15 is 0 Å². The minimum Gasteiger partial charge on any atom is -0.448 e. The molecule has 1 amide bonds. The van der Waals surface area contributed by atoms with Gasteiger partial charge in [-0.1, -0.05) is 60.7 Å². The standard InChI is InChI=1S/C29H25N3O3/c33-29(34-17-26-24-10-3-1-8-22(24)23-9-2-4-11-25(23)26)32-20-6-5-7-21(32)15-19(14-20)18-12-13-27-28(16-18)31-35-30-27/h1-4,8-14,16,20-21,26H,5-7,15,17H2. The number of piperidine rings is 1. The van der Waals surface area contributed by atoms with E-state index in [2.05, 4.69) is 71.0 Å². The van der Waals surface area contributed by atoms with Crippen molar-refractivity contribution in [1.82, 2.24) is 15.2 Å². The minimum absolute atomic E-state index is 0.0549. The number of ether oxygens (including phenoxy) is 1. The molecule has 2 aliphatic heterocycles. The fraction of sp³-hybridized carbons (Fsp3) is 0.276. The monoisotopic (exact) mass is 463 g/mol. The zero-order chi connectivity index (χ0) is 23.4. The van der Waals surface area contributed by atoms with E-state index in [0.29, 0.717) is 6.61 Å². The second kappa shape index (κ2) is 8.08.